The van der Waals surface area contributed by atoms with Gasteiger partial charge in [0.05, 0.1) is 7.11 Å². The molecule has 2 aromatic heterocycles. The Morgan fingerprint density at radius 2 is 2.27 bits per heavy atom. The number of aromatic nitrogens is 4. The first-order valence-corrected chi connectivity index (χ1v) is 4.35. The van der Waals surface area contributed by atoms with E-state index in [1.54, 1.807) is 7.11 Å². The van der Waals surface area contributed by atoms with Gasteiger partial charge in [-0.2, -0.15) is 9.50 Å². The minimum Gasteiger partial charge on any atom is -0.495 e. The van der Waals surface area contributed by atoms with Crippen LogP contribution in [-0.2, 0) is 4.74 Å². The molecule has 0 bridgehead atoms. The third kappa shape index (κ3) is 1.50. The van der Waals surface area contributed by atoms with Crippen LogP contribution in [0.1, 0.15) is 11.4 Å². The molecule has 15 heavy (non-hydrogen) atoms. The van der Waals surface area contributed by atoms with Gasteiger partial charge in [0.15, 0.2) is 0 Å². The summed E-state index contributed by atoms with van der Waals surface area (Å²) in [6, 6.07) is 1.81. The molecule has 2 rings (SSSR count). The number of aryl methyl sites for hydroxylation is 1. The number of nitrogens with two attached hydrogens (primary N) is 1. The van der Waals surface area contributed by atoms with E-state index in [-0.39, 0.29) is 5.95 Å². The zero-order valence-corrected chi connectivity index (χ0v) is 8.56. The highest BCUT2D eigenvalue weighted by atomic mass is 16.5. The predicted molar refractivity (Wildman–Crippen MR) is 56.0 cm³/mol. The number of hydrogen-bond acceptors (Lipinski definition) is 5. The van der Waals surface area contributed by atoms with Gasteiger partial charge in [-0.1, -0.05) is 6.58 Å². The Kier molecular flexibility index (Phi) is 2.03. The van der Waals surface area contributed by atoms with Gasteiger partial charge in [-0.05, 0) is 13.0 Å². The molecule has 0 atom stereocenters. The lowest BCUT2D eigenvalue weighted by Gasteiger charge is -2.06. The quantitative estimate of drug-likeness (QED) is 0.727. The maximum atomic E-state index is 5.50. The van der Waals surface area contributed by atoms with Gasteiger partial charge in [-0.25, -0.2) is 4.98 Å². The van der Waals surface area contributed by atoms with E-state index >= 15 is 0 Å². The molecule has 78 valence electrons. The third-order valence-corrected chi connectivity index (χ3v) is 1.99. The minimum absolute atomic E-state index is 0.179. The summed E-state index contributed by atoms with van der Waals surface area (Å²) >= 11 is 0. The zero-order chi connectivity index (χ0) is 11.0. The topological polar surface area (TPSA) is 78.3 Å². The Morgan fingerprint density at radius 1 is 1.53 bits per heavy atom. The predicted octanol–water partition coefficient (Wildman–Crippen LogP) is 0.632. The highest BCUT2D eigenvalue weighted by Gasteiger charge is 2.10. The number of anilines is 1. The largest absolute Gasteiger partial charge is 0.495 e. The van der Waals surface area contributed by atoms with E-state index in [1.165, 1.54) is 4.52 Å². The molecule has 0 radical (unpaired) electrons. The SMILES string of the molecule is C=C(OC)c1cc(C)nc2nc(N)nn12. The molecule has 2 heterocycles. The smallest absolute Gasteiger partial charge is 0.254 e. The van der Waals surface area contributed by atoms with Crippen LogP contribution in [0.4, 0.5) is 5.95 Å². The summed E-state index contributed by atoms with van der Waals surface area (Å²) in [5.74, 6) is 1.12. The van der Waals surface area contributed by atoms with E-state index in [1.807, 2.05) is 13.0 Å². The number of methoxy groups -OCH3 is 1. The van der Waals surface area contributed by atoms with Crippen molar-refractivity contribution in [2.45, 2.75) is 6.92 Å². The van der Waals surface area contributed by atoms with Crippen LogP contribution in [0, 0.1) is 6.92 Å². The standard InChI is InChI=1S/C9H11N5O/c1-5-4-7(6(2)15-3)14-9(11-5)12-8(10)13-14/h4H,2H2,1,3H3,(H2,10,13). The van der Waals surface area contributed by atoms with Crippen LogP contribution in [0.5, 0.6) is 0 Å². The molecule has 0 spiro atoms. The van der Waals surface area contributed by atoms with Crippen molar-refractivity contribution in [2.24, 2.45) is 0 Å². The van der Waals surface area contributed by atoms with Crippen LogP contribution in [0.3, 0.4) is 0 Å². The number of fused-ring (bicyclic) bond motifs is 1. The van der Waals surface area contributed by atoms with Gasteiger partial charge in [0.25, 0.3) is 5.78 Å². The molecule has 0 unspecified atom stereocenters. The fraction of sp³-hybridized carbons (Fsp3) is 0.222. The van der Waals surface area contributed by atoms with Crippen molar-refractivity contribution in [3.63, 3.8) is 0 Å². The van der Waals surface area contributed by atoms with Gasteiger partial charge in [0.1, 0.15) is 11.5 Å². The lowest BCUT2D eigenvalue weighted by Crippen LogP contribution is -2.02. The molecule has 6 heteroatoms. The van der Waals surface area contributed by atoms with E-state index in [0.717, 1.165) is 5.69 Å². The fourth-order valence-electron chi connectivity index (χ4n) is 1.31. The molecular weight excluding hydrogens is 194 g/mol. The lowest BCUT2D eigenvalue weighted by atomic mass is 10.3. The Balaban J connectivity index is 2.75. The Bertz CT molecular complexity index is 531. The van der Waals surface area contributed by atoms with Crippen molar-refractivity contribution in [3.8, 4) is 0 Å². The molecule has 2 N–H and O–H groups in total. The molecule has 2 aromatic rings. The number of hydrogen-bond donors (Lipinski definition) is 1. The van der Waals surface area contributed by atoms with Gasteiger partial charge >= 0.3 is 0 Å². The van der Waals surface area contributed by atoms with E-state index in [0.29, 0.717) is 17.2 Å². The summed E-state index contributed by atoms with van der Waals surface area (Å²) in [4.78, 5) is 8.16. The normalized spacial score (nSPS) is 10.5. The maximum Gasteiger partial charge on any atom is 0.254 e. The summed E-state index contributed by atoms with van der Waals surface area (Å²) in [6.45, 7) is 5.62. The summed E-state index contributed by atoms with van der Waals surface area (Å²) in [7, 11) is 1.55. The molecule has 0 aliphatic heterocycles. The van der Waals surface area contributed by atoms with Gasteiger partial charge in [0, 0.05) is 5.69 Å². The second kappa shape index (κ2) is 3.23. The van der Waals surface area contributed by atoms with Crippen molar-refractivity contribution in [2.75, 3.05) is 12.8 Å². The first kappa shape index (κ1) is 9.45. The average Bonchev–Trinajstić information content (AvgIpc) is 2.55. The second-order valence-electron chi connectivity index (χ2n) is 3.09. The third-order valence-electron chi connectivity index (χ3n) is 1.99. The maximum absolute atomic E-state index is 5.50. The molecule has 0 saturated carbocycles. The summed E-state index contributed by atoms with van der Waals surface area (Å²) in [5.41, 5.74) is 7.00. The van der Waals surface area contributed by atoms with Crippen molar-refractivity contribution in [1.29, 1.82) is 0 Å². The molecule has 6 nitrogen and oxygen atoms in total. The van der Waals surface area contributed by atoms with E-state index in [9.17, 15) is 0 Å². The Morgan fingerprint density at radius 3 is 2.93 bits per heavy atom. The van der Waals surface area contributed by atoms with Crippen LogP contribution in [0.25, 0.3) is 11.5 Å². The van der Waals surface area contributed by atoms with Crippen LogP contribution in [-0.4, -0.2) is 26.7 Å². The molecule has 0 aliphatic rings. The Labute approximate surface area is 86.4 Å². The summed E-state index contributed by atoms with van der Waals surface area (Å²) < 4.78 is 6.57. The minimum atomic E-state index is 0.179. The molecule has 0 fully saturated rings. The zero-order valence-electron chi connectivity index (χ0n) is 8.56. The van der Waals surface area contributed by atoms with Crippen LogP contribution in [0.15, 0.2) is 12.6 Å². The lowest BCUT2D eigenvalue weighted by molar-refractivity contribution is 0.368. The van der Waals surface area contributed by atoms with Crippen molar-refractivity contribution in [3.05, 3.63) is 24.0 Å². The van der Waals surface area contributed by atoms with Crippen molar-refractivity contribution < 1.29 is 4.74 Å². The van der Waals surface area contributed by atoms with Crippen molar-refractivity contribution >= 4 is 17.5 Å². The molecule has 0 saturated heterocycles. The van der Waals surface area contributed by atoms with E-state index < -0.39 is 0 Å². The highest BCUT2D eigenvalue weighted by molar-refractivity contribution is 5.57. The average molecular weight is 205 g/mol. The fourth-order valence-corrected chi connectivity index (χ4v) is 1.31. The molecule has 0 amide bonds. The van der Waals surface area contributed by atoms with Crippen LogP contribution < -0.4 is 5.73 Å². The number of nitrogens with zero attached hydrogens (tertiary/aromatic N) is 4. The number of rotatable bonds is 2. The monoisotopic (exact) mass is 205 g/mol. The van der Waals surface area contributed by atoms with Crippen LogP contribution >= 0.6 is 0 Å². The number of ether oxygens (including phenoxy) is 1. The van der Waals surface area contributed by atoms with Gasteiger partial charge in [0.2, 0.25) is 5.95 Å². The van der Waals surface area contributed by atoms with E-state index in [2.05, 4.69) is 21.6 Å². The highest BCUT2D eigenvalue weighted by Crippen LogP contribution is 2.15. The molecule has 0 aliphatic carbocycles. The van der Waals surface area contributed by atoms with Crippen molar-refractivity contribution in [1.82, 2.24) is 19.6 Å². The molecule has 0 aromatic carbocycles. The first-order chi connectivity index (χ1) is 7.11. The van der Waals surface area contributed by atoms with Gasteiger partial charge in [-0.15, -0.1) is 5.10 Å². The van der Waals surface area contributed by atoms with Gasteiger partial charge < -0.3 is 10.5 Å². The summed E-state index contributed by atoms with van der Waals surface area (Å²) in [6.07, 6.45) is 0. The van der Waals surface area contributed by atoms with Gasteiger partial charge in [-0.3, -0.25) is 0 Å². The number of nitrogen functional groups attached to an aromatic ring is 1. The summed E-state index contributed by atoms with van der Waals surface area (Å²) in [5, 5.41) is 4.00. The van der Waals surface area contributed by atoms with Crippen LogP contribution in [0.2, 0.25) is 0 Å². The first-order valence-electron chi connectivity index (χ1n) is 4.35. The second-order valence-corrected chi connectivity index (χ2v) is 3.09. The van der Waals surface area contributed by atoms with E-state index in [4.69, 9.17) is 10.5 Å². The molecular formula is C9H11N5O. The Hall–Kier alpha value is -2.11.